The van der Waals surface area contributed by atoms with Crippen LogP contribution < -0.4 is 10.2 Å². The van der Waals surface area contributed by atoms with Gasteiger partial charge in [-0.15, -0.1) is 0 Å². The second-order valence-electron chi connectivity index (χ2n) is 3.85. The largest absolute Gasteiger partial charge is 0.490 e. The normalized spacial score (nSPS) is 10.3. The van der Waals surface area contributed by atoms with Crippen LogP contribution in [0.5, 0.6) is 5.75 Å². The van der Waals surface area contributed by atoms with Gasteiger partial charge in [0.2, 0.25) is 0 Å². The first-order chi connectivity index (χ1) is 9.06. The number of rotatable bonds is 4. The van der Waals surface area contributed by atoms with E-state index in [0.29, 0.717) is 16.3 Å². The molecule has 7 heteroatoms. The van der Waals surface area contributed by atoms with Gasteiger partial charge in [0.15, 0.2) is 0 Å². The van der Waals surface area contributed by atoms with Gasteiger partial charge in [-0.05, 0) is 18.2 Å². The lowest BCUT2D eigenvalue weighted by molar-refractivity contribution is 0.298. The standard InChI is InChI=1S/C12H10BClFNO3/c14-10-2-1-8(12(15)4-10)7-19-11-3-9(13(17)18)5-16-6-11/h1-6,17-18H,7H2. The zero-order valence-electron chi connectivity index (χ0n) is 9.75. The van der Waals surface area contributed by atoms with Gasteiger partial charge in [0.1, 0.15) is 18.2 Å². The Morgan fingerprint density at radius 2 is 2.05 bits per heavy atom. The van der Waals surface area contributed by atoms with Crippen LogP contribution in [-0.2, 0) is 6.61 Å². The number of halogens is 2. The van der Waals surface area contributed by atoms with Crippen molar-refractivity contribution in [2.75, 3.05) is 0 Å². The number of hydrogen-bond donors (Lipinski definition) is 2. The van der Waals surface area contributed by atoms with E-state index in [1.54, 1.807) is 6.07 Å². The van der Waals surface area contributed by atoms with Crippen molar-refractivity contribution in [3.05, 3.63) is 53.1 Å². The van der Waals surface area contributed by atoms with Crippen LogP contribution in [0.3, 0.4) is 0 Å². The number of benzene rings is 1. The maximum Gasteiger partial charge on any atom is 0.490 e. The van der Waals surface area contributed by atoms with E-state index in [1.165, 1.54) is 30.6 Å². The Balaban J connectivity index is 2.08. The highest BCUT2D eigenvalue weighted by Crippen LogP contribution is 2.16. The minimum atomic E-state index is -1.62. The molecule has 0 unspecified atom stereocenters. The lowest BCUT2D eigenvalue weighted by atomic mass is 9.82. The van der Waals surface area contributed by atoms with Crippen molar-refractivity contribution in [1.82, 2.24) is 4.98 Å². The quantitative estimate of drug-likeness (QED) is 0.825. The highest BCUT2D eigenvalue weighted by Gasteiger charge is 2.12. The highest BCUT2D eigenvalue weighted by atomic mass is 35.5. The van der Waals surface area contributed by atoms with Crippen molar-refractivity contribution < 1.29 is 19.2 Å². The summed E-state index contributed by atoms with van der Waals surface area (Å²) >= 11 is 5.64. The van der Waals surface area contributed by atoms with Gasteiger partial charge in [0.25, 0.3) is 0 Å². The lowest BCUT2D eigenvalue weighted by Gasteiger charge is -2.08. The average Bonchev–Trinajstić information content (AvgIpc) is 2.38. The molecule has 0 amide bonds. The topological polar surface area (TPSA) is 62.6 Å². The van der Waals surface area contributed by atoms with Crippen molar-refractivity contribution in [3.63, 3.8) is 0 Å². The van der Waals surface area contributed by atoms with Gasteiger partial charge in [-0.3, -0.25) is 4.98 Å². The van der Waals surface area contributed by atoms with E-state index >= 15 is 0 Å². The fraction of sp³-hybridized carbons (Fsp3) is 0.0833. The molecule has 0 radical (unpaired) electrons. The summed E-state index contributed by atoms with van der Waals surface area (Å²) in [5.74, 6) is -0.140. The predicted octanol–water partition coefficient (Wildman–Crippen LogP) is 1.13. The zero-order chi connectivity index (χ0) is 13.8. The highest BCUT2D eigenvalue weighted by molar-refractivity contribution is 6.58. The Hall–Kier alpha value is -1.63. The first-order valence-electron chi connectivity index (χ1n) is 5.44. The maximum absolute atomic E-state index is 13.5. The van der Waals surface area contributed by atoms with Gasteiger partial charge >= 0.3 is 7.12 Å². The Labute approximate surface area is 114 Å². The van der Waals surface area contributed by atoms with Gasteiger partial charge < -0.3 is 14.8 Å². The van der Waals surface area contributed by atoms with Crippen LogP contribution in [0.2, 0.25) is 5.02 Å². The van der Waals surface area contributed by atoms with Crippen molar-refractivity contribution in [3.8, 4) is 5.75 Å². The van der Waals surface area contributed by atoms with E-state index in [4.69, 9.17) is 26.4 Å². The molecule has 1 aromatic heterocycles. The van der Waals surface area contributed by atoms with Crippen LogP contribution in [0.1, 0.15) is 5.56 Å². The Morgan fingerprint density at radius 1 is 1.26 bits per heavy atom. The summed E-state index contributed by atoms with van der Waals surface area (Å²) in [6.45, 7) is -0.00431. The van der Waals surface area contributed by atoms with Crippen LogP contribution in [0.25, 0.3) is 0 Å². The lowest BCUT2D eigenvalue weighted by Crippen LogP contribution is -2.30. The molecule has 1 aromatic carbocycles. The summed E-state index contributed by atoms with van der Waals surface area (Å²) in [4.78, 5) is 3.79. The SMILES string of the molecule is OB(O)c1cncc(OCc2ccc(Cl)cc2F)c1. The molecular formula is C12H10BClFNO3. The third-order valence-electron chi connectivity index (χ3n) is 2.44. The van der Waals surface area contributed by atoms with Crippen molar-refractivity contribution in [2.24, 2.45) is 0 Å². The van der Waals surface area contributed by atoms with Crippen molar-refractivity contribution in [1.29, 1.82) is 0 Å². The average molecular weight is 281 g/mol. The molecule has 19 heavy (non-hydrogen) atoms. The van der Waals surface area contributed by atoms with Gasteiger partial charge in [0, 0.05) is 22.2 Å². The van der Waals surface area contributed by atoms with Crippen LogP contribution in [-0.4, -0.2) is 22.2 Å². The van der Waals surface area contributed by atoms with Gasteiger partial charge in [-0.1, -0.05) is 17.7 Å². The molecule has 0 spiro atoms. The Kier molecular flexibility index (Phi) is 4.37. The summed E-state index contributed by atoms with van der Waals surface area (Å²) in [5, 5.41) is 18.3. The summed E-state index contributed by atoms with van der Waals surface area (Å²) in [6, 6.07) is 5.71. The number of pyridine rings is 1. The van der Waals surface area contributed by atoms with E-state index < -0.39 is 12.9 Å². The molecule has 0 aliphatic heterocycles. The zero-order valence-corrected chi connectivity index (χ0v) is 10.5. The number of nitrogens with zero attached hydrogens (tertiary/aromatic N) is 1. The fourth-order valence-corrected chi connectivity index (χ4v) is 1.61. The van der Waals surface area contributed by atoms with Crippen LogP contribution in [0, 0.1) is 5.82 Å². The molecule has 0 bridgehead atoms. The molecule has 2 N–H and O–H groups in total. The molecule has 0 aliphatic carbocycles. The van der Waals surface area contributed by atoms with Gasteiger partial charge in [-0.25, -0.2) is 4.39 Å². The van der Waals surface area contributed by atoms with Crippen LogP contribution in [0.15, 0.2) is 36.7 Å². The summed E-state index contributed by atoms with van der Waals surface area (Å²) in [5.41, 5.74) is 0.549. The molecule has 0 saturated carbocycles. The van der Waals surface area contributed by atoms with Crippen LogP contribution in [0.4, 0.5) is 4.39 Å². The molecule has 0 aliphatic rings. The molecule has 98 valence electrons. The summed E-state index contributed by atoms with van der Waals surface area (Å²) < 4.78 is 18.8. The van der Waals surface area contributed by atoms with Crippen molar-refractivity contribution in [2.45, 2.75) is 6.61 Å². The predicted molar refractivity (Wildman–Crippen MR) is 69.8 cm³/mol. The molecule has 2 aromatic rings. The fourth-order valence-electron chi connectivity index (χ4n) is 1.46. The maximum atomic E-state index is 13.5. The monoisotopic (exact) mass is 281 g/mol. The Morgan fingerprint density at radius 3 is 2.74 bits per heavy atom. The number of ether oxygens (including phenoxy) is 1. The molecule has 2 rings (SSSR count). The number of aromatic nitrogens is 1. The third kappa shape index (κ3) is 3.67. The third-order valence-corrected chi connectivity index (χ3v) is 2.68. The van der Waals surface area contributed by atoms with E-state index in [-0.39, 0.29) is 12.1 Å². The Bertz CT molecular complexity index is 583. The van der Waals surface area contributed by atoms with Gasteiger partial charge in [0.05, 0.1) is 6.20 Å². The molecule has 0 saturated heterocycles. The van der Waals surface area contributed by atoms with Gasteiger partial charge in [-0.2, -0.15) is 0 Å². The second kappa shape index (κ2) is 6.01. The van der Waals surface area contributed by atoms with Crippen LogP contribution >= 0.6 is 11.6 Å². The number of hydrogen-bond acceptors (Lipinski definition) is 4. The van der Waals surface area contributed by atoms with E-state index in [0.717, 1.165) is 0 Å². The minimum Gasteiger partial charge on any atom is -0.487 e. The summed E-state index contributed by atoms with van der Waals surface area (Å²) in [6.07, 6.45) is 2.71. The minimum absolute atomic E-state index is 0.00431. The smallest absolute Gasteiger partial charge is 0.487 e. The molecule has 1 heterocycles. The van der Waals surface area contributed by atoms with E-state index in [1.807, 2.05) is 0 Å². The first kappa shape index (κ1) is 13.8. The van der Waals surface area contributed by atoms with E-state index in [2.05, 4.69) is 4.98 Å². The molecule has 0 fully saturated rings. The second-order valence-corrected chi connectivity index (χ2v) is 4.29. The first-order valence-corrected chi connectivity index (χ1v) is 5.82. The van der Waals surface area contributed by atoms with E-state index in [9.17, 15) is 4.39 Å². The van der Waals surface area contributed by atoms with Crippen molar-refractivity contribution >= 4 is 24.2 Å². The molecule has 4 nitrogen and oxygen atoms in total. The molecule has 0 atom stereocenters. The summed E-state index contributed by atoms with van der Waals surface area (Å²) in [7, 11) is -1.62. The molecular weight excluding hydrogens is 271 g/mol.